The van der Waals surface area contributed by atoms with E-state index < -0.39 is 17.7 Å². The SMILES string of the molecule is CCCOc1ccc(C2C(C(=O)C=Cc3ccccc3)=C(O)C(=O)N2CCCN2CCOCC2)cc1. The zero-order valence-electron chi connectivity index (χ0n) is 20.8. The van der Waals surface area contributed by atoms with Crippen LogP contribution < -0.4 is 4.74 Å². The van der Waals surface area contributed by atoms with Crippen LogP contribution in [0.3, 0.4) is 0 Å². The van der Waals surface area contributed by atoms with Crippen LogP contribution in [-0.2, 0) is 14.3 Å². The number of hydrogen-bond acceptors (Lipinski definition) is 6. The molecule has 2 aromatic carbocycles. The summed E-state index contributed by atoms with van der Waals surface area (Å²) in [6.07, 6.45) is 4.76. The molecule has 1 atom stereocenters. The molecule has 190 valence electrons. The molecule has 7 nitrogen and oxygen atoms in total. The lowest BCUT2D eigenvalue weighted by Gasteiger charge is -2.30. The maximum absolute atomic E-state index is 13.3. The molecule has 0 saturated carbocycles. The Kier molecular flexibility index (Phi) is 8.92. The lowest BCUT2D eigenvalue weighted by Crippen LogP contribution is -2.39. The van der Waals surface area contributed by atoms with E-state index in [-0.39, 0.29) is 11.4 Å². The standard InChI is InChI=1S/C29H34N2O5/c1-2-19-36-24-12-10-23(11-13-24)27-26(25(32)14-9-22-7-4-3-5-8-22)28(33)29(34)31(27)16-6-15-30-17-20-35-21-18-30/h3-5,7-14,27,33H,2,6,15-21H2,1H3. The van der Waals surface area contributed by atoms with Gasteiger partial charge in [-0.1, -0.05) is 55.5 Å². The van der Waals surface area contributed by atoms with Gasteiger partial charge in [-0.3, -0.25) is 14.5 Å². The minimum absolute atomic E-state index is 0.112. The van der Waals surface area contributed by atoms with E-state index >= 15 is 0 Å². The second-order valence-corrected chi connectivity index (χ2v) is 9.00. The molecule has 36 heavy (non-hydrogen) atoms. The predicted octanol–water partition coefficient (Wildman–Crippen LogP) is 4.18. The van der Waals surface area contributed by atoms with Gasteiger partial charge < -0.3 is 19.5 Å². The summed E-state index contributed by atoms with van der Waals surface area (Å²) >= 11 is 0. The van der Waals surface area contributed by atoms with Gasteiger partial charge in [-0.2, -0.15) is 0 Å². The number of aliphatic hydroxyl groups is 1. The zero-order chi connectivity index (χ0) is 25.3. The number of nitrogens with zero attached hydrogens (tertiary/aromatic N) is 2. The van der Waals surface area contributed by atoms with E-state index in [1.54, 1.807) is 11.0 Å². The molecule has 1 N–H and O–H groups in total. The van der Waals surface area contributed by atoms with Crippen molar-refractivity contribution in [3.05, 3.63) is 83.1 Å². The summed E-state index contributed by atoms with van der Waals surface area (Å²) in [6.45, 7) is 7.08. The van der Waals surface area contributed by atoms with E-state index in [9.17, 15) is 14.7 Å². The molecule has 0 aromatic heterocycles. The van der Waals surface area contributed by atoms with Crippen LogP contribution in [0.15, 0.2) is 72.0 Å². The molecule has 2 aliphatic rings. The fourth-order valence-corrected chi connectivity index (χ4v) is 4.56. The highest BCUT2D eigenvalue weighted by molar-refractivity contribution is 6.14. The van der Waals surface area contributed by atoms with Crippen molar-refractivity contribution in [1.29, 1.82) is 0 Å². The number of rotatable bonds is 11. The lowest BCUT2D eigenvalue weighted by molar-refractivity contribution is -0.129. The highest BCUT2D eigenvalue weighted by Crippen LogP contribution is 2.38. The maximum Gasteiger partial charge on any atom is 0.290 e. The average molecular weight is 491 g/mol. The summed E-state index contributed by atoms with van der Waals surface area (Å²) in [6, 6.07) is 16.2. The maximum atomic E-state index is 13.3. The number of allylic oxidation sites excluding steroid dienone is 1. The van der Waals surface area contributed by atoms with Gasteiger partial charge >= 0.3 is 0 Å². The molecule has 1 saturated heterocycles. The fourth-order valence-electron chi connectivity index (χ4n) is 4.56. The molecule has 0 spiro atoms. The third kappa shape index (κ3) is 6.22. The number of hydrogen-bond donors (Lipinski definition) is 1. The third-order valence-electron chi connectivity index (χ3n) is 6.44. The number of carbonyl (C=O) groups is 2. The second-order valence-electron chi connectivity index (χ2n) is 9.00. The number of amides is 1. The number of aliphatic hydroxyl groups excluding tert-OH is 1. The summed E-state index contributed by atoms with van der Waals surface area (Å²) in [5, 5.41) is 10.8. The molecule has 0 bridgehead atoms. The van der Waals surface area contributed by atoms with Gasteiger partial charge in [0.15, 0.2) is 11.5 Å². The highest BCUT2D eigenvalue weighted by atomic mass is 16.5. The minimum atomic E-state index is -0.657. The van der Waals surface area contributed by atoms with E-state index in [0.29, 0.717) is 26.4 Å². The average Bonchev–Trinajstić information content (AvgIpc) is 3.17. The van der Waals surface area contributed by atoms with E-state index in [1.165, 1.54) is 6.08 Å². The molecule has 2 aromatic rings. The molecule has 7 heteroatoms. The smallest absolute Gasteiger partial charge is 0.290 e. The number of ketones is 1. The second kappa shape index (κ2) is 12.5. The van der Waals surface area contributed by atoms with Crippen molar-refractivity contribution >= 4 is 17.8 Å². The molecular weight excluding hydrogens is 456 g/mol. The van der Waals surface area contributed by atoms with Crippen molar-refractivity contribution in [2.45, 2.75) is 25.8 Å². The van der Waals surface area contributed by atoms with Crippen LogP contribution in [0, 0.1) is 0 Å². The Labute approximate surface area is 212 Å². The van der Waals surface area contributed by atoms with Gasteiger partial charge in [0.25, 0.3) is 5.91 Å². The van der Waals surface area contributed by atoms with Crippen molar-refractivity contribution in [1.82, 2.24) is 9.80 Å². The largest absolute Gasteiger partial charge is 0.503 e. The Morgan fingerprint density at radius 3 is 2.50 bits per heavy atom. The lowest BCUT2D eigenvalue weighted by atomic mass is 9.95. The Bertz CT molecular complexity index is 1090. The Morgan fingerprint density at radius 1 is 1.08 bits per heavy atom. The predicted molar refractivity (Wildman–Crippen MR) is 139 cm³/mol. The van der Waals surface area contributed by atoms with E-state index in [0.717, 1.165) is 49.4 Å². The van der Waals surface area contributed by atoms with Crippen LogP contribution in [-0.4, -0.2) is 72.6 Å². The van der Waals surface area contributed by atoms with Gasteiger partial charge in [-0.05, 0) is 42.2 Å². The monoisotopic (exact) mass is 490 g/mol. The zero-order valence-corrected chi connectivity index (χ0v) is 20.8. The first-order valence-electron chi connectivity index (χ1n) is 12.6. The van der Waals surface area contributed by atoms with Crippen LogP contribution >= 0.6 is 0 Å². The van der Waals surface area contributed by atoms with Crippen LogP contribution in [0.2, 0.25) is 0 Å². The number of morpholine rings is 1. The van der Waals surface area contributed by atoms with Crippen molar-refractivity contribution in [2.24, 2.45) is 0 Å². The minimum Gasteiger partial charge on any atom is -0.503 e. The summed E-state index contributed by atoms with van der Waals surface area (Å²) in [5.41, 5.74) is 1.74. The first-order chi connectivity index (χ1) is 17.6. The van der Waals surface area contributed by atoms with Crippen molar-refractivity contribution in [3.8, 4) is 5.75 Å². The molecule has 0 radical (unpaired) electrons. The summed E-state index contributed by atoms with van der Waals surface area (Å²) < 4.78 is 11.1. The van der Waals surface area contributed by atoms with Gasteiger partial charge in [-0.25, -0.2) is 0 Å². The van der Waals surface area contributed by atoms with Gasteiger partial charge in [-0.15, -0.1) is 0 Å². The first-order valence-corrected chi connectivity index (χ1v) is 12.6. The summed E-state index contributed by atoms with van der Waals surface area (Å²) in [7, 11) is 0. The Morgan fingerprint density at radius 2 is 1.81 bits per heavy atom. The van der Waals surface area contributed by atoms with Gasteiger partial charge in [0.2, 0.25) is 0 Å². The van der Waals surface area contributed by atoms with Gasteiger partial charge in [0.05, 0.1) is 31.4 Å². The van der Waals surface area contributed by atoms with E-state index in [4.69, 9.17) is 9.47 Å². The summed E-state index contributed by atoms with van der Waals surface area (Å²) in [5.74, 6) is -0.629. The fraction of sp³-hybridized carbons (Fsp3) is 0.379. The Hall–Kier alpha value is -3.42. The van der Waals surface area contributed by atoms with E-state index in [1.807, 2.05) is 61.5 Å². The molecule has 4 rings (SSSR count). The molecule has 2 heterocycles. The molecule has 0 aliphatic carbocycles. The normalized spacial score (nSPS) is 18.9. The number of ether oxygens (including phenoxy) is 2. The van der Waals surface area contributed by atoms with Crippen LogP contribution in [0.1, 0.15) is 36.9 Å². The number of carbonyl (C=O) groups excluding carboxylic acids is 2. The topological polar surface area (TPSA) is 79.3 Å². The quantitative estimate of drug-likeness (QED) is 0.476. The molecule has 1 amide bonds. The molecule has 1 unspecified atom stereocenters. The highest BCUT2D eigenvalue weighted by Gasteiger charge is 2.42. The summed E-state index contributed by atoms with van der Waals surface area (Å²) in [4.78, 5) is 30.4. The van der Waals surface area contributed by atoms with Crippen LogP contribution in [0.4, 0.5) is 0 Å². The third-order valence-corrected chi connectivity index (χ3v) is 6.44. The van der Waals surface area contributed by atoms with Crippen molar-refractivity contribution in [3.63, 3.8) is 0 Å². The Balaban J connectivity index is 1.56. The van der Waals surface area contributed by atoms with Crippen molar-refractivity contribution in [2.75, 3.05) is 46.0 Å². The van der Waals surface area contributed by atoms with Crippen LogP contribution in [0.25, 0.3) is 6.08 Å². The molecule has 1 fully saturated rings. The van der Waals surface area contributed by atoms with Gasteiger partial charge in [0.1, 0.15) is 5.75 Å². The van der Waals surface area contributed by atoms with Gasteiger partial charge in [0, 0.05) is 26.2 Å². The van der Waals surface area contributed by atoms with Crippen molar-refractivity contribution < 1.29 is 24.2 Å². The van der Waals surface area contributed by atoms with E-state index in [2.05, 4.69) is 4.90 Å². The molecular formula is C29H34N2O5. The molecule has 2 aliphatic heterocycles. The van der Waals surface area contributed by atoms with Crippen LogP contribution in [0.5, 0.6) is 5.75 Å². The number of benzene rings is 2. The first kappa shape index (κ1) is 25.7.